The van der Waals surface area contributed by atoms with Gasteiger partial charge in [-0.2, -0.15) is 0 Å². The van der Waals surface area contributed by atoms with Crippen molar-refractivity contribution in [2.45, 2.75) is 38.5 Å². The highest BCUT2D eigenvalue weighted by atomic mass is 16.5. The van der Waals surface area contributed by atoms with Crippen LogP contribution in [0.3, 0.4) is 0 Å². The quantitative estimate of drug-likeness (QED) is 0.711. The molecule has 0 aliphatic heterocycles. The van der Waals surface area contributed by atoms with Crippen LogP contribution in [0.1, 0.15) is 44.1 Å². The minimum absolute atomic E-state index is 0.508. The predicted octanol–water partition coefficient (Wildman–Crippen LogP) is 3.99. The second kappa shape index (κ2) is 5.77. The van der Waals surface area contributed by atoms with Crippen LogP contribution in [0, 0.1) is 18.3 Å². The fraction of sp³-hybridized carbons (Fsp3) is 0.500. The highest BCUT2D eigenvalue weighted by Gasteiger charge is 2.20. The molecule has 0 radical (unpaired) electrons. The van der Waals surface area contributed by atoms with Gasteiger partial charge in [0.2, 0.25) is 0 Å². The van der Waals surface area contributed by atoms with Crippen molar-refractivity contribution in [1.29, 1.82) is 0 Å². The summed E-state index contributed by atoms with van der Waals surface area (Å²) < 4.78 is 5.46. The first-order valence-corrected chi connectivity index (χ1v) is 6.52. The molecule has 17 heavy (non-hydrogen) atoms. The molecule has 0 spiro atoms. The van der Waals surface area contributed by atoms with Gasteiger partial charge in [0.25, 0.3) is 0 Å². The highest BCUT2D eigenvalue weighted by Crippen LogP contribution is 2.35. The third kappa shape index (κ3) is 3.03. The minimum Gasteiger partial charge on any atom is -0.494 e. The first-order chi connectivity index (χ1) is 8.33. The van der Waals surface area contributed by atoms with Crippen molar-refractivity contribution in [2.24, 2.45) is 5.92 Å². The fourth-order valence-electron chi connectivity index (χ4n) is 2.60. The van der Waals surface area contributed by atoms with Gasteiger partial charge in [0, 0.05) is 5.92 Å². The molecule has 1 nitrogen and oxygen atoms in total. The van der Waals surface area contributed by atoms with Crippen LogP contribution in [-0.4, -0.2) is 6.61 Å². The Balaban J connectivity index is 1.97. The maximum absolute atomic E-state index is 5.47. The highest BCUT2D eigenvalue weighted by molar-refractivity contribution is 5.29. The van der Waals surface area contributed by atoms with Crippen molar-refractivity contribution >= 4 is 0 Å². The van der Waals surface area contributed by atoms with E-state index in [0.29, 0.717) is 11.8 Å². The van der Waals surface area contributed by atoms with E-state index in [1.165, 1.54) is 31.2 Å². The monoisotopic (exact) mass is 228 g/mol. The summed E-state index contributed by atoms with van der Waals surface area (Å²) in [5.74, 6) is 5.05. The summed E-state index contributed by atoms with van der Waals surface area (Å²) in [6.07, 6.45) is 10.3. The lowest BCUT2D eigenvalue weighted by molar-refractivity contribution is 0.339. The Morgan fingerprint density at radius 2 is 1.82 bits per heavy atom. The second-order valence-corrected chi connectivity index (χ2v) is 4.72. The molecule has 1 fully saturated rings. The largest absolute Gasteiger partial charge is 0.494 e. The first-order valence-electron chi connectivity index (χ1n) is 6.52. The predicted molar refractivity (Wildman–Crippen MR) is 71.1 cm³/mol. The molecule has 1 aliphatic carbocycles. The van der Waals surface area contributed by atoms with Gasteiger partial charge in [0.1, 0.15) is 5.75 Å². The molecule has 0 saturated heterocycles. The van der Waals surface area contributed by atoms with Gasteiger partial charge >= 0.3 is 0 Å². The molecular formula is C16H20O. The maximum Gasteiger partial charge on any atom is 0.119 e. The van der Waals surface area contributed by atoms with Crippen molar-refractivity contribution in [3.05, 3.63) is 29.8 Å². The molecule has 0 unspecified atom stereocenters. The van der Waals surface area contributed by atoms with E-state index in [0.717, 1.165) is 12.4 Å². The molecule has 0 heterocycles. The van der Waals surface area contributed by atoms with E-state index in [9.17, 15) is 0 Å². The molecule has 1 heteroatoms. The average Bonchev–Trinajstić information content (AvgIpc) is 2.40. The zero-order chi connectivity index (χ0) is 12.1. The number of rotatable bonds is 3. The lowest BCUT2D eigenvalue weighted by Crippen LogP contribution is -2.11. The van der Waals surface area contributed by atoms with Crippen LogP contribution in [-0.2, 0) is 0 Å². The fourth-order valence-corrected chi connectivity index (χ4v) is 2.60. The number of benzene rings is 1. The molecule has 1 aromatic rings. The third-order valence-corrected chi connectivity index (χ3v) is 3.63. The van der Waals surface area contributed by atoms with Gasteiger partial charge in [-0.3, -0.25) is 0 Å². The summed E-state index contributed by atoms with van der Waals surface area (Å²) >= 11 is 0. The average molecular weight is 228 g/mol. The zero-order valence-electron chi connectivity index (χ0n) is 10.5. The Bertz CT molecular complexity index is 377. The van der Waals surface area contributed by atoms with E-state index in [-0.39, 0.29) is 0 Å². The van der Waals surface area contributed by atoms with Gasteiger partial charge in [-0.05, 0) is 56.2 Å². The molecule has 0 N–H and O–H groups in total. The summed E-state index contributed by atoms with van der Waals surface area (Å²) in [7, 11) is 0. The smallest absolute Gasteiger partial charge is 0.119 e. The van der Waals surface area contributed by atoms with E-state index >= 15 is 0 Å². The molecule has 0 aromatic heterocycles. The van der Waals surface area contributed by atoms with Crippen LogP contribution in [0.5, 0.6) is 5.75 Å². The molecule has 0 atom stereocenters. The van der Waals surface area contributed by atoms with Crippen molar-refractivity contribution in [2.75, 3.05) is 6.61 Å². The van der Waals surface area contributed by atoms with Crippen molar-refractivity contribution < 1.29 is 4.74 Å². The van der Waals surface area contributed by atoms with E-state index < -0.39 is 0 Å². The molecule has 1 saturated carbocycles. The Morgan fingerprint density at radius 3 is 2.35 bits per heavy atom. The SMILES string of the molecule is C#C[C@H]1CC[C@H](c2ccc(OCC)cc2)CC1. The summed E-state index contributed by atoms with van der Waals surface area (Å²) in [6.45, 7) is 2.74. The molecule has 1 aliphatic rings. The summed E-state index contributed by atoms with van der Waals surface area (Å²) in [5, 5.41) is 0. The minimum atomic E-state index is 0.508. The van der Waals surface area contributed by atoms with Crippen LogP contribution in [0.4, 0.5) is 0 Å². The summed E-state index contributed by atoms with van der Waals surface area (Å²) in [6, 6.07) is 8.55. The Labute approximate surface area is 104 Å². The van der Waals surface area contributed by atoms with Crippen LogP contribution in [0.2, 0.25) is 0 Å². The van der Waals surface area contributed by atoms with Crippen molar-refractivity contribution in [1.82, 2.24) is 0 Å². The lowest BCUT2D eigenvalue weighted by atomic mass is 9.79. The van der Waals surface area contributed by atoms with E-state index in [4.69, 9.17) is 11.2 Å². The van der Waals surface area contributed by atoms with Crippen molar-refractivity contribution in [3.63, 3.8) is 0 Å². The van der Waals surface area contributed by atoms with E-state index in [1.807, 2.05) is 6.92 Å². The Kier molecular flexibility index (Phi) is 4.09. The molecule has 1 aromatic carbocycles. The number of hydrogen-bond acceptors (Lipinski definition) is 1. The van der Waals surface area contributed by atoms with Crippen molar-refractivity contribution in [3.8, 4) is 18.1 Å². The van der Waals surface area contributed by atoms with E-state index in [1.54, 1.807) is 0 Å². The lowest BCUT2D eigenvalue weighted by Gasteiger charge is -2.26. The van der Waals surface area contributed by atoms with Gasteiger partial charge in [-0.15, -0.1) is 12.3 Å². The Hall–Kier alpha value is -1.42. The number of ether oxygens (including phenoxy) is 1. The maximum atomic E-state index is 5.47. The second-order valence-electron chi connectivity index (χ2n) is 4.72. The van der Waals surface area contributed by atoms with Crippen LogP contribution in [0.25, 0.3) is 0 Å². The normalized spacial score (nSPS) is 24.0. The molecular weight excluding hydrogens is 208 g/mol. The molecule has 2 rings (SSSR count). The number of hydrogen-bond donors (Lipinski definition) is 0. The first kappa shape index (κ1) is 12.0. The van der Waals surface area contributed by atoms with Gasteiger partial charge in [0.15, 0.2) is 0 Å². The van der Waals surface area contributed by atoms with Crippen LogP contribution >= 0.6 is 0 Å². The Morgan fingerprint density at radius 1 is 1.18 bits per heavy atom. The summed E-state index contributed by atoms with van der Waals surface area (Å²) in [5.41, 5.74) is 1.43. The van der Waals surface area contributed by atoms with Crippen LogP contribution < -0.4 is 4.74 Å². The summed E-state index contributed by atoms with van der Waals surface area (Å²) in [4.78, 5) is 0. The topological polar surface area (TPSA) is 9.23 Å². The van der Waals surface area contributed by atoms with E-state index in [2.05, 4.69) is 30.2 Å². The van der Waals surface area contributed by atoms with Gasteiger partial charge < -0.3 is 4.74 Å². The van der Waals surface area contributed by atoms with Gasteiger partial charge in [-0.25, -0.2) is 0 Å². The molecule has 0 amide bonds. The van der Waals surface area contributed by atoms with Gasteiger partial charge in [0.05, 0.1) is 6.61 Å². The molecule has 0 bridgehead atoms. The zero-order valence-corrected chi connectivity index (χ0v) is 10.5. The standard InChI is InChI=1S/C16H20O/c1-3-13-5-7-14(8-6-13)15-9-11-16(12-10-15)17-4-2/h1,9-14H,4-8H2,2H3/t13-,14-. The number of terminal acetylenes is 1. The third-order valence-electron chi connectivity index (χ3n) is 3.63. The van der Waals surface area contributed by atoms with Gasteiger partial charge in [-0.1, -0.05) is 12.1 Å². The molecule has 90 valence electrons. The van der Waals surface area contributed by atoms with Crippen LogP contribution in [0.15, 0.2) is 24.3 Å².